The van der Waals surface area contributed by atoms with Crippen LogP contribution in [0.3, 0.4) is 0 Å². The van der Waals surface area contributed by atoms with Gasteiger partial charge in [-0.05, 0) is 61.6 Å². The minimum atomic E-state index is -4.63. The maximum atomic E-state index is 14.3. The van der Waals surface area contributed by atoms with E-state index in [0.29, 0.717) is 47.6 Å². The molecule has 2 aliphatic rings. The monoisotopic (exact) mass is 627 g/mol. The van der Waals surface area contributed by atoms with E-state index in [2.05, 4.69) is 0 Å². The molecule has 1 atom stereocenters. The summed E-state index contributed by atoms with van der Waals surface area (Å²) in [5.41, 5.74) is 0.537. The van der Waals surface area contributed by atoms with Gasteiger partial charge in [-0.1, -0.05) is 36.4 Å². The van der Waals surface area contributed by atoms with Gasteiger partial charge in [-0.2, -0.15) is 0 Å². The third kappa shape index (κ3) is 5.63. The van der Waals surface area contributed by atoms with Gasteiger partial charge in [-0.3, -0.25) is 14.5 Å². The van der Waals surface area contributed by atoms with Crippen molar-refractivity contribution in [2.75, 3.05) is 25.4 Å². The lowest BCUT2D eigenvalue weighted by atomic mass is 10.1. The van der Waals surface area contributed by atoms with E-state index >= 15 is 0 Å². The number of hydrogen-bond donors (Lipinski definition) is 1. The van der Waals surface area contributed by atoms with Crippen molar-refractivity contribution < 1.29 is 36.3 Å². The molecule has 1 unspecified atom stereocenters. The van der Waals surface area contributed by atoms with Gasteiger partial charge in [0.15, 0.2) is 9.84 Å². The predicted molar refractivity (Wildman–Crippen MR) is 158 cm³/mol. The van der Waals surface area contributed by atoms with Crippen LogP contribution in [0, 0.1) is 0 Å². The molecule has 43 heavy (non-hydrogen) atoms. The first-order chi connectivity index (χ1) is 20.5. The molecular weight excluding hydrogens is 594 g/mol. The molecule has 3 aromatic carbocycles. The summed E-state index contributed by atoms with van der Waals surface area (Å²) in [5.74, 6) is -1.34. The number of unbranched alkanes of at least 4 members (excludes halogenated alkanes) is 1. The fraction of sp³-hybridized carbons (Fsp3) is 0.367. The van der Waals surface area contributed by atoms with Crippen molar-refractivity contribution in [3.05, 3.63) is 71.3 Å². The van der Waals surface area contributed by atoms with E-state index in [9.17, 15) is 36.3 Å². The second-order valence-electron chi connectivity index (χ2n) is 10.7. The van der Waals surface area contributed by atoms with Crippen molar-refractivity contribution in [1.82, 2.24) is 14.3 Å². The molecule has 13 heteroatoms. The van der Waals surface area contributed by atoms with Gasteiger partial charge in [0.2, 0.25) is 0 Å². The molecule has 0 aliphatic carbocycles. The zero-order valence-electron chi connectivity index (χ0n) is 23.7. The number of fused-ring (bicyclic) bond motifs is 2. The van der Waals surface area contributed by atoms with E-state index in [1.807, 2.05) is 6.92 Å². The normalized spacial score (nSPS) is 17.7. The van der Waals surface area contributed by atoms with Crippen LogP contribution in [0.2, 0.25) is 0 Å². The van der Waals surface area contributed by atoms with Crippen LogP contribution in [0.4, 0.5) is 0 Å². The molecule has 5 rings (SSSR count). The SMILES string of the molecule is CC1CCCN1N(CC=O)S(=O)(=O)c1c(S(=O)(=O)CCCCN2C(=O)c3ccccc3C2=O)cc2ccccc2c1CO. The van der Waals surface area contributed by atoms with Crippen LogP contribution in [0.5, 0.6) is 0 Å². The number of aliphatic hydroxyl groups excluding tert-OH is 1. The number of carbonyl (C=O) groups excluding carboxylic acids is 3. The highest BCUT2D eigenvalue weighted by atomic mass is 32.2. The maximum Gasteiger partial charge on any atom is 0.261 e. The number of sulfonamides is 1. The molecule has 2 amide bonds. The first kappa shape index (κ1) is 31.0. The van der Waals surface area contributed by atoms with E-state index in [1.165, 1.54) is 6.07 Å². The van der Waals surface area contributed by atoms with Crippen LogP contribution in [0.25, 0.3) is 10.8 Å². The van der Waals surface area contributed by atoms with E-state index < -0.39 is 60.4 Å². The number of amides is 2. The Labute approximate surface area is 250 Å². The molecule has 0 spiro atoms. The Morgan fingerprint density at radius 2 is 1.63 bits per heavy atom. The van der Waals surface area contributed by atoms with Crippen LogP contribution in [-0.2, 0) is 31.3 Å². The lowest BCUT2D eigenvalue weighted by molar-refractivity contribution is -0.110. The van der Waals surface area contributed by atoms with Crippen molar-refractivity contribution in [3.8, 4) is 0 Å². The number of hydrazine groups is 1. The lowest BCUT2D eigenvalue weighted by Gasteiger charge is -2.33. The number of carbonyl (C=O) groups is 3. The summed E-state index contributed by atoms with van der Waals surface area (Å²) in [6.45, 7) is 0.954. The summed E-state index contributed by atoms with van der Waals surface area (Å²) in [4.78, 5) is 37.1. The fourth-order valence-corrected chi connectivity index (χ4v) is 9.92. The second kappa shape index (κ2) is 12.2. The standard InChI is InChI=1S/C30H33N3O8S2/c1-21-9-8-15-32(21)33(16-17-34)43(40,41)28-26(20-35)23-11-3-2-10-22(23)19-27(28)42(38,39)18-7-6-14-31-29(36)24-12-4-5-13-25(24)30(31)37/h2-5,10-13,17,19,21,35H,6-9,14-16,18,20H2,1H3. The number of benzene rings is 3. The first-order valence-corrected chi connectivity index (χ1v) is 17.2. The van der Waals surface area contributed by atoms with Crippen molar-refractivity contribution >= 4 is 48.7 Å². The molecule has 11 nitrogen and oxygen atoms in total. The molecule has 0 aromatic heterocycles. The number of hydrogen-bond acceptors (Lipinski definition) is 9. The largest absolute Gasteiger partial charge is 0.392 e. The summed E-state index contributed by atoms with van der Waals surface area (Å²) in [5, 5.41) is 12.8. The number of aldehydes is 1. The van der Waals surface area contributed by atoms with Crippen LogP contribution < -0.4 is 0 Å². The van der Waals surface area contributed by atoms with Crippen LogP contribution in [0.15, 0.2) is 64.4 Å². The van der Waals surface area contributed by atoms with Crippen molar-refractivity contribution in [2.45, 2.75) is 55.0 Å². The Morgan fingerprint density at radius 1 is 0.977 bits per heavy atom. The highest BCUT2D eigenvalue weighted by molar-refractivity contribution is 7.93. The van der Waals surface area contributed by atoms with Gasteiger partial charge in [-0.15, -0.1) is 4.41 Å². The van der Waals surface area contributed by atoms with Gasteiger partial charge >= 0.3 is 0 Å². The van der Waals surface area contributed by atoms with Crippen molar-refractivity contribution in [3.63, 3.8) is 0 Å². The minimum Gasteiger partial charge on any atom is -0.392 e. The van der Waals surface area contributed by atoms with Gasteiger partial charge in [0.1, 0.15) is 11.2 Å². The third-order valence-corrected chi connectivity index (χ3v) is 11.9. The van der Waals surface area contributed by atoms with E-state index in [0.717, 1.165) is 9.31 Å². The summed E-state index contributed by atoms with van der Waals surface area (Å²) < 4.78 is 57.3. The minimum absolute atomic E-state index is 0.00654. The van der Waals surface area contributed by atoms with Crippen molar-refractivity contribution in [2.24, 2.45) is 0 Å². The zero-order valence-corrected chi connectivity index (χ0v) is 25.3. The highest BCUT2D eigenvalue weighted by Crippen LogP contribution is 2.37. The summed E-state index contributed by atoms with van der Waals surface area (Å²) in [6.07, 6.45) is 2.08. The quantitative estimate of drug-likeness (QED) is 0.182. The van der Waals surface area contributed by atoms with Crippen LogP contribution >= 0.6 is 0 Å². The van der Waals surface area contributed by atoms with E-state index in [1.54, 1.807) is 53.5 Å². The average molecular weight is 628 g/mol. The number of rotatable bonds is 12. The maximum absolute atomic E-state index is 14.3. The Hall–Kier alpha value is -3.49. The smallest absolute Gasteiger partial charge is 0.261 e. The summed E-state index contributed by atoms with van der Waals surface area (Å²) in [6, 6.07) is 14.2. The van der Waals surface area contributed by atoms with Crippen molar-refractivity contribution in [1.29, 1.82) is 0 Å². The van der Waals surface area contributed by atoms with E-state index in [-0.39, 0.29) is 31.0 Å². The molecule has 1 N–H and O–H groups in total. The predicted octanol–water partition coefficient (Wildman–Crippen LogP) is 2.77. The zero-order chi connectivity index (χ0) is 30.9. The highest BCUT2D eigenvalue weighted by Gasteiger charge is 2.40. The molecule has 228 valence electrons. The van der Waals surface area contributed by atoms with Crippen LogP contribution in [0.1, 0.15) is 58.9 Å². The number of imide groups is 1. The lowest BCUT2D eigenvalue weighted by Crippen LogP contribution is -2.49. The molecule has 0 saturated carbocycles. The average Bonchev–Trinajstić information content (AvgIpc) is 3.52. The third-order valence-electron chi connectivity index (χ3n) is 8.06. The van der Waals surface area contributed by atoms with Gasteiger partial charge in [-0.25, -0.2) is 21.8 Å². The molecule has 0 bridgehead atoms. The Balaban J connectivity index is 1.48. The fourth-order valence-electron chi connectivity index (χ4n) is 5.92. The Morgan fingerprint density at radius 3 is 2.23 bits per heavy atom. The summed E-state index contributed by atoms with van der Waals surface area (Å²) in [7, 11) is -8.90. The Kier molecular flexibility index (Phi) is 8.82. The molecule has 2 aliphatic heterocycles. The molecular formula is C30H33N3O8S2. The topological polar surface area (TPSA) is 149 Å². The van der Waals surface area contributed by atoms with Gasteiger partial charge in [0.25, 0.3) is 21.8 Å². The van der Waals surface area contributed by atoms with Gasteiger partial charge in [0.05, 0.1) is 34.9 Å². The molecule has 3 aromatic rings. The molecule has 1 saturated heterocycles. The molecule has 2 heterocycles. The molecule has 1 fully saturated rings. The van der Waals surface area contributed by atoms with Gasteiger partial charge in [0, 0.05) is 24.7 Å². The number of nitrogens with zero attached hydrogens (tertiary/aromatic N) is 3. The second-order valence-corrected chi connectivity index (χ2v) is 14.6. The molecule has 0 radical (unpaired) electrons. The number of aliphatic hydroxyl groups is 1. The van der Waals surface area contributed by atoms with E-state index in [4.69, 9.17) is 0 Å². The Bertz CT molecular complexity index is 1770. The number of sulfone groups is 1. The van der Waals surface area contributed by atoms with Gasteiger partial charge < -0.3 is 9.90 Å². The summed E-state index contributed by atoms with van der Waals surface area (Å²) >= 11 is 0. The first-order valence-electron chi connectivity index (χ1n) is 14.1. The van der Waals surface area contributed by atoms with Crippen LogP contribution in [-0.4, -0.2) is 85.8 Å².